The van der Waals surface area contributed by atoms with Crippen LogP contribution in [-0.2, 0) is 6.42 Å². The van der Waals surface area contributed by atoms with E-state index in [1.54, 1.807) is 31.4 Å². The molecule has 26 heavy (non-hydrogen) atoms. The number of amides is 2. The van der Waals surface area contributed by atoms with Crippen LogP contribution in [0.4, 0.5) is 10.5 Å². The van der Waals surface area contributed by atoms with Crippen LogP contribution in [0.1, 0.15) is 5.89 Å². The minimum absolute atomic E-state index is 0.331. The fraction of sp³-hybridized carbons (Fsp3) is 0.167. The number of halogens is 1. The predicted octanol–water partition coefficient (Wildman–Crippen LogP) is 3.76. The molecule has 0 saturated heterocycles. The molecular formula is C18H17ClN4O3. The zero-order valence-corrected chi connectivity index (χ0v) is 14.8. The van der Waals surface area contributed by atoms with Gasteiger partial charge in [0, 0.05) is 29.2 Å². The summed E-state index contributed by atoms with van der Waals surface area (Å²) in [6.45, 7) is 0.358. The van der Waals surface area contributed by atoms with Gasteiger partial charge in [0.05, 0.1) is 7.11 Å². The Morgan fingerprint density at radius 2 is 2.00 bits per heavy atom. The number of carbonyl (C=O) groups is 1. The summed E-state index contributed by atoms with van der Waals surface area (Å²) in [5, 5.41) is 14.0. The van der Waals surface area contributed by atoms with Gasteiger partial charge in [0.15, 0.2) is 0 Å². The van der Waals surface area contributed by atoms with Crippen molar-refractivity contribution in [3.63, 3.8) is 0 Å². The third-order valence-corrected chi connectivity index (χ3v) is 3.75. The highest BCUT2D eigenvalue weighted by atomic mass is 35.5. The number of nitrogens with zero attached hydrogens (tertiary/aromatic N) is 2. The lowest BCUT2D eigenvalue weighted by atomic mass is 10.2. The number of methoxy groups -OCH3 is 1. The van der Waals surface area contributed by atoms with Crippen molar-refractivity contribution >= 4 is 23.3 Å². The second-order valence-corrected chi connectivity index (χ2v) is 5.81. The number of aromatic nitrogens is 2. The highest BCUT2D eigenvalue weighted by molar-refractivity contribution is 6.30. The zero-order valence-electron chi connectivity index (χ0n) is 14.0. The molecule has 3 aromatic rings. The average molecular weight is 373 g/mol. The van der Waals surface area contributed by atoms with Gasteiger partial charge in [-0.15, -0.1) is 10.2 Å². The number of hydrogen-bond donors (Lipinski definition) is 2. The molecule has 134 valence electrons. The number of hydrogen-bond acceptors (Lipinski definition) is 5. The Kier molecular flexibility index (Phi) is 5.70. The summed E-state index contributed by atoms with van der Waals surface area (Å²) in [6, 6.07) is 13.9. The van der Waals surface area contributed by atoms with Crippen LogP contribution in [0, 0.1) is 0 Å². The van der Waals surface area contributed by atoms with E-state index in [9.17, 15) is 4.79 Å². The lowest BCUT2D eigenvalue weighted by Gasteiger charge is -2.06. The second-order valence-electron chi connectivity index (χ2n) is 5.37. The summed E-state index contributed by atoms with van der Waals surface area (Å²) < 4.78 is 10.7. The highest BCUT2D eigenvalue weighted by Gasteiger charge is 2.09. The second kappa shape index (κ2) is 8.35. The summed E-state index contributed by atoms with van der Waals surface area (Å²) in [5.41, 5.74) is 1.42. The number of anilines is 1. The first-order chi connectivity index (χ1) is 12.6. The average Bonchev–Trinajstić information content (AvgIpc) is 3.11. The molecule has 2 N–H and O–H groups in total. The van der Waals surface area contributed by atoms with Crippen molar-refractivity contribution in [3.05, 3.63) is 59.4 Å². The van der Waals surface area contributed by atoms with Gasteiger partial charge in [-0.2, -0.15) is 0 Å². The van der Waals surface area contributed by atoms with Crippen molar-refractivity contribution in [3.8, 4) is 17.2 Å². The maximum absolute atomic E-state index is 11.9. The Balaban J connectivity index is 1.49. The fourth-order valence-corrected chi connectivity index (χ4v) is 2.42. The van der Waals surface area contributed by atoms with Gasteiger partial charge >= 0.3 is 6.03 Å². The number of nitrogens with one attached hydrogen (secondary N) is 2. The summed E-state index contributed by atoms with van der Waals surface area (Å²) in [4.78, 5) is 11.9. The molecule has 0 unspecified atom stereocenters. The van der Waals surface area contributed by atoms with Crippen molar-refractivity contribution in [2.24, 2.45) is 0 Å². The molecule has 0 spiro atoms. The van der Waals surface area contributed by atoms with E-state index < -0.39 is 0 Å². The predicted molar refractivity (Wildman–Crippen MR) is 98.5 cm³/mol. The molecule has 2 amide bonds. The minimum Gasteiger partial charge on any atom is -0.497 e. The lowest BCUT2D eigenvalue weighted by molar-refractivity contribution is 0.252. The molecule has 0 fully saturated rings. The normalized spacial score (nSPS) is 10.4. The summed E-state index contributed by atoms with van der Waals surface area (Å²) in [7, 11) is 1.61. The van der Waals surface area contributed by atoms with Crippen molar-refractivity contribution in [2.45, 2.75) is 6.42 Å². The van der Waals surface area contributed by atoms with E-state index in [2.05, 4.69) is 20.8 Å². The first-order valence-electron chi connectivity index (χ1n) is 7.91. The van der Waals surface area contributed by atoms with Gasteiger partial charge in [-0.25, -0.2) is 4.79 Å². The van der Waals surface area contributed by atoms with Crippen LogP contribution in [0.25, 0.3) is 11.5 Å². The Labute approximate surface area is 155 Å². The maximum Gasteiger partial charge on any atom is 0.319 e. The van der Waals surface area contributed by atoms with Crippen LogP contribution in [0.2, 0.25) is 5.02 Å². The van der Waals surface area contributed by atoms with Crippen molar-refractivity contribution in [2.75, 3.05) is 19.0 Å². The molecule has 0 bridgehead atoms. The van der Waals surface area contributed by atoms with Crippen molar-refractivity contribution < 1.29 is 13.9 Å². The molecular weight excluding hydrogens is 356 g/mol. The molecule has 7 nitrogen and oxygen atoms in total. The monoisotopic (exact) mass is 372 g/mol. The smallest absolute Gasteiger partial charge is 0.319 e. The van der Waals surface area contributed by atoms with Crippen LogP contribution in [-0.4, -0.2) is 29.9 Å². The highest BCUT2D eigenvalue weighted by Crippen LogP contribution is 2.21. The quantitative estimate of drug-likeness (QED) is 0.687. The Hall–Kier alpha value is -3.06. The van der Waals surface area contributed by atoms with Crippen molar-refractivity contribution in [1.82, 2.24) is 15.5 Å². The van der Waals surface area contributed by atoms with Crippen LogP contribution >= 0.6 is 11.6 Å². The molecule has 3 rings (SSSR count). The van der Waals surface area contributed by atoms with Crippen LogP contribution in [0.5, 0.6) is 5.75 Å². The molecule has 0 radical (unpaired) electrons. The molecule has 8 heteroatoms. The Morgan fingerprint density at radius 3 is 2.73 bits per heavy atom. The standard InChI is InChI=1S/C18H17ClN4O3/c1-25-15-7-5-12(6-8-15)17-23-22-16(26-17)9-10-20-18(24)21-14-4-2-3-13(19)11-14/h2-8,11H,9-10H2,1H3,(H2,20,21,24). The van der Waals surface area contributed by atoms with E-state index in [1.807, 2.05) is 24.3 Å². The van der Waals surface area contributed by atoms with Crippen molar-refractivity contribution in [1.29, 1.82) is 0 Å². The summed E-state index contributed by atoms with van der Waals surface area (Å²) in [6.07, 6.45) is 0.423. The Bertz CT molecular complexity index is 880. The molecule has 0 aliphatic carbocycles. The number of rotatable bonds is 6. The van der Waals surface area contributed by atoms with Crippen LogP contribution in [0.3, 0.4) is 0 Å². The lowest BCUT2D eigenvalue weighted by Crippen LogP contribution is -2.30. The molecule has 0 atom stereocenters. The molecule has 2 aromatic carbocycles. The molecule has 0 aliphatic rings. The minimum atomic E-state index is -0.331. The summed E-state index contributed by atoms with van der Waals surface area (Å²) >= 11 is 5.88. The molecule has 1 aromatic heterocycles. The first-order valence-corrected chi connectivity index (χ1v) is 8.29. The molecule has 0 aliphatic heterocycles. The third kappa shape index (κ3) is 4.73. The van der Waals surface area contributed by atoms with E-state index in [4.69, 9.17) is 20.8 Å². The number of benzene rings is 2. The molecule has 1 heterocycles. The van der Waals surface area contributed by atoms with Crippen LogP contribution in [0.15, 0.2) is 52.9 Å². The van der Waals surface area contributed by atoms with Gasteiger partial charge in [-0.05, 0) is 42.5 Å². The first kappa shape index (κ1) is 17.8. The number of carbonyl (C=O) groups excluding carboxylic acids is 1. The Morgan fingerprint density at radius 1 is 1.19 bits per heavy atom. The molecule has 0 saturated carbocycles. The van der Waals surface area contributed by atoms with E-state index in [-0.39, 0.29) is 6.03 Å². The van der Waals surface area contributed by atoms with E-state index >= 15 is 0 Å². The van der Waals surface area contributed by atoms with Gasteiger partial charge in [-0.3, -0.25) is 0 Å². The number of ether oxygens (including phenoxy) is 1. The van der Waals surface area contributed by atoms with Gasteiger partial charge in [0.25, 0.3) is 0 Å². The van der Waals surface area contributed by atoms with Gasteiger partial charge in [-0.1, -0.05) is 17.7 Å². The topological polar surface area (TPSA) is 89.3 Å². The van der Waals surface area contributed by atoms with Gasteiger partial charge in [0.1, 0.15) is 5.75 Å². The van der Waals surface area contributed by atoms with E-state index in [0.717, 1.165) is 11.3 Å². The van der Waals surface area contributed by atoms with E-state index in [0.29, 0.717) is 35.5 Å². The largest absolute Gasteiger partial charge is 0.497 e. The zero-order chi connectivity index (χ0) is 18.4. The summed E-state index contributed by atoms with van der Waals surface area (Å²) in [5.74, 6) is 1.62. The number of urea groups is 1. The van der Waals surface area contributed by atoms with E-state index in [1.165, 1.54) is 0 Å². The van der Waals surface area contributed by atoms with Gasteiger partial charge < -0.3 is 19.8 Å². The van der Waals surface area contributed by atoms with Gasteiger partial charge in [0.2, 0.25) is 11.8 Å². The maximum atomic E-state index is 11.9. The van der Waals surface area contributed by atoms with Crippen LogP contribution < -0.4 is 15.4 Å². The third-order valence-electron chi connectivity index (χ3n) is 3.51. The SMILES string of the molecule is COc1ccc(-c2nnc(CCNC(=O)Nc3cccc(Cl)c3)o2)cc1. The fourth-order valence-electron chi connectivity index (χ4n) is 2.23.